The van der Waals surface area contributed by atoms with Crippen molar-refractivity contribution in [1.29, 1.82) is 0 Å². The first-order valence-electron chi connectivity index (χ1n) is 12.1. The average Bonchev–Trinajstić information content (AvgIpc) is 2.84. The molecule has 2 aromatic rings. The molecule has 192 valence electrons. The van der Waals surface area contributed by atoms with Crippen molar-refractivity contribution in [2.45, 2.75) is 52.4 Å². The fourth-order valence-corrected chi connectivity index (χ4v) is 4.05. The summed E-state index contributed by atoms with van der Waals surface area (Å²) in [7, 11) is 0. The van der Waals surface area contributed by atoms with Crippen LogP contribution in [0, 0.1) is 5.82 Å². The molecule has 0 spiro atoms. The Labute approximate surface area is 215 Å². The van der Waals surface area contributed by atoms with E-state index in [2.05, 4.69) is 12.2 Å². The van der Waals surface area contributed by atoms with E-state index in [0.29, 0.717) is 30.3 Å². The van der Waals surface area contributed by atoms with Crippen molar-refractivity contribution in [3.05, 3.63) is 58.4 Å². The normalized spacial score (nSPS) is 14.8. The molecule has 7 nitrogen and oxygen atoms in total. The summed E-state index contributed by atoms with van der Waals surface area (Å²) in [6, 6.07) is 7.06. The molecular weight excluding hydrogens is 487 g/mol. The van der Waals surface area contributed by atoms with Crippen LogP contribution in [-0.4, -0.2) is 31.1 Å². The van der Waals surface area contributed by atoms with E-state index >= 15 is 0 Å². The number of hydrogen-bond acceptors (Lipinski definition) is 5. The van der Waals surface area contributed by atoms with Crippen LogP contribution in [0.2, 0.25) is 5.02 Å². The quantitative estimate of drug-likeness (QED) is 0.204. The first-order chi connectivity index (χ1) is 17.3. The molecule has 1 saturated heterocycles. The predicted octanol–water partition coefficient (Wildman–Crippen LogP) is 6.28. The van der Waals surface area contributed by atoms with Crippen LogP contribution in [0.3, 0.4) is 0 Å². The van der Waals surface area contributed by atoms with Crippen LogP contribution in [0.25, 0.3) is 6.08 Å². The number of nitrogens with zero attached hydrogens (tertiary/aromatic N) is 1. The van der Waals surface area contributed by atoms with Crippen LogP contribution in [-0.2, 0) is 9.59 Å². The summed E-state index contributed by atoms with van der Waals surface area (Å²) in [6.07, 6.45) is 8.07. The van der Waals surface area contributed by atoms with E-state index in [-0.39, 0.29) is 16.3 Å². The fourth-order valence-electron chi connectivity index (χ4n) is 3.78. The van der Waals surface area contributed by atoms with Gasteiger partial charge in [-0.3, -0.25) is 14.9 Å². The number of rotatable bonds is 12. The number of halogens is 2. The molecular formula is C27H30ClFN2O5. The molecule has 1 heterocycles. The lowest BCUT2D eigenvalue weighted by atomic mass is 10.1. The largest absolute Gasteiger partial charge is 0.490 e. The van der Waals surface area contributed by atoms with Gasteiger partial charge in [0.1, 0.15) is 11.4 Å². The standard InChI is InChI=1S/C27H30ClFN2O5/c1-3-5-6-7-8-9-14-36-24-22(28)16-18(17-23(24)35-4-2)15-21-25(32)30-27(34)31(26(21)33)20-12-10-19(29)11-13-20/h10-13,15-17H,3-9,14H2,1-2H3,(H,30,32,34)/b21-15+. The van der Waals surface area contributed by atoms with Crippen LogP contribution in [0.5, 0.6) is 11.5 Å². The molecule has 1 aliphatic heterocycles. The van der Waals surface area contributed by atoms with Gasteiger partial charge in [-0.15, -0.1) is 0 Å². The van der Waals surface area contributed by atoms with Gasteiger partial charge in [0.2, 0.25) is 0 Å². The number of ether oxygens (including phenoxy) is 2. The number of imide groups is 2. The van der Waals surface area contributed by atoms with Crippen LogP contribution in [0.1, 0.15) is 57.9 Å². The third kappa shape index (κ3) is 6.85. The van der Waals surface area contributed by atoms with Crippen LogP contribution >= 0.6 is 11.6 Å². The molecule has 1 aliphatic rings. The zero-order chi connectivity index (χ0) is 26.1. The zero-order valence-corrected chi connectivity index (χ0v) is 21.2. The van der Waals surface area contributed by atoms with Gasteiger partial charge < -0.3 is 9.47 Å². The lowest BCUT2D eigenvalue weighted by Gasteiger charge is -2.26. The summed E-state index contributed by atoms with van der Waals surface area (Å²) >= 11 is 6.48. The van der Waals surface area contributed by atoms with Crippen molar-refractivity contribution >= 4 is 41.2 Å². The average molecular weight is 517 g/mol. The molecule has 1 fully saturated rings. The summed E-state index contributed by atoms with van der Waals surface area (Å²) in [5, 5.41) is 2.41. The first kappa shape index (κ1) is 27.2. The SMILES string of the molecule is CCCCCCCCOc1c(Cl)cc(/C=C2\C(=O)NC(=O)N(c3ccc(F)cc3)C2=O)cc1OCC. The summed E-state index contributed by atoms with van der Waals surface area (Å²) in [6.45, 7) is 4.84. The monoisotopic (exact) mass is 516 g/mol. The number of nitrogens with one attached hydrogen (secondary N) is 1. The van der Waals surface area contributed by atoms with Gasteiger partial charge in [0, 0.05) is 0 Å². The van der Waals surface area contributed by atoms with Crippen LogP contribution in [0.15, 0.2) is 42.0 Å². The summed E-state index contributed by atoms with van der Waals surface area (Å²) in [5.74, 6) is -1.42. The molecule has 0 aliphatic carbocycles. The number of benzene rings is 2. The lowest BCUT2D eigenvalue weighted by molar-refractivity contribution is -0.122. The minimum absolute atomic E-state index is 0.128. The highest BCUT2D eigenvalue weighted by molar-refractivity contribution is 6.39. The minimum atomic E-state index is -0.916. The zero-order valence-electron chi connectivity index (χ0n) is 20.4. The van der Waals surface area contributed by atoms with Gasteiger partial charge in [0.25, 0.3) is 11.8 Å². The van der Waals surface area contributed by atoms with Crippen molar-refractivity contribution in [1.82, 2.24) is 5.32 Å². The second-order valence-corrected chi connectivity index (χ2v) is 8.72. The molecule has 9 heteroatoms. The Balaban J connectivity index is 1.81. The predicted molar refractivity (Wildman–Crippen MR) is 137 cm³/mol. The van der Waals surface area contributed by atoms with E-state index in [1.54, 1.807) is 12.1 Å². The number of urea groups is 1. The maximum absolute atomic E-state index is 13.3. The number of carbonyl (C=O) groups excluding carboxylic acids is 3. The number of hydrogen-bond donors (Lipinski definition) is 1. The Hall–Kier alpha value is -3.39. The third-order valence-electron chi connectivity index (χ3n) is 5.57. The molecule has 0 aromatic heterocycles. The van der Waals surface area contributed by atoms with Gasteiger partial charge in [-0.1, -0.05) is 50.6 Å². The van der Waals surface area contributed by atoms with Crippen molar-refractivity contribution in [3.63, 3.8) is 0 Å². The summed E-state index contributed by atoms with van der Waals surface area (Å²) < 4.78 is 24.9. The number of barbiturate groups is 1. The molecule has 0 saturated carbocycles. The molecule has 4 amide bonds. The Morgan fingerprint density at radius 1 is 0.972 bits per heavy atom. The molecule has 2 aromatic carbocycles. The van der Waals surface area contributed by atoms with E-state index in [0.717, 1.165) is 36.3 Å². The van der Waals surface area contributed by atoms with E-state index in [9.17, 15) is 18.8 Å². The minimum Gasteiger partial charge on any atom is -0.490 e. The highest BCUT2D eigenvalue weighted by Crippen LogP contribution is 2.38. The Kier molecular flexibility index (Phi) is 9.87. The van der Waals surface area contributed by atoms with Crippen LogP contribution < -0.4 is 19.7 Å². The van der Waals surface area contributed by atoms with Gasteiger partial charge in [-0.25, -0.2) is 14.1 Å². The highest BCUT2D eigenvalue weighted by Gasteiger charge is 2.36. The van der Waals surface area contributed by atoms with Gasteiger partial charge >= 0.3 is 6.03 Å². The smallest absolute Gasteiger partial charge is 0.335 e. The molecule has 0 unspecified atom stereocenters. The Bertz CT molecular complexity index is 1130. The maximum Gasteiger partial charge on any atom is 0.335 e. The molecule has 0 bridgehead atoms. The van der Waals surface area contributed by atoms with E-state index in [1.807, 2.05) is 6.92 Å². The van der Waals surface area contributed by atoms with E-state index < -0.39 is 23.7 Å². The molecule has 0 radical (unpaired) electrons. The fraction of sp³-hybridized carbons (Fsp3) is 0.370. The number of amides is 4. The topological polar surface area (TPSA) is 84.9 Å². The third-order valence-corrected chi connectivity index (χ3v) is 5.85. The molecule has 0 atom stereocenters. The van der Waals surface area contributed by atoms with Crippen LogP contribution in [0.4, 0.5) is 14.9 Å². The molecule has 1 N–H and O–H groups in total. The van der Waals surface area contributed by atoms with Gasteiger partial charge in [0.05, 0.1) is 23.9 Å². The van der Waals surface area contributed by atoms with Gasteiger partial charge in [-0.2, -0.15) is 0 Å². The number of unbranched alkanes of at least 4 members (excludes halogenated alkanes) is 5. The second-order valence-electron chi connectivity index (χ2n) is 8.31. The van der Waals surface area contributed by atoms with E-state index in [4.69, 9.17) is 21.1 Å². The number of carbonyl (C=O) groups is 3. The second kappa shape index (κ2) is 13.1. The molecule has 3 rings (SSSR count). The van der Waals surface area contributed by atoms with Crippen molar-refractivity contribution in [2.75, 3.05) is 18.1 Å². The maximum atomic E-state index is 13.3. The Morgan fingerprint density at radius 2 is 1.67 bits per heavy atom. The van der Waals surface area contributed by atoms with Gasteiger partial charge in [0.15, 0.2) is 11.5 Å². The van der Waals surface area contributed by atoms with E-state index in [1.165, 1.54) is 37.5 Å². The number of anilines is 1. The molecule has 36 heavy (non-hydrogen) atoms. The first-order valence-corrected chi connectivity index (χ1v) is 12.5. The van der Waals surface area contributed by atoms with Crippen molar-refractivity contribution in [3.8, 4) is 11.5 Å². The van der Waals surface area contributed by atoms with Crippen molar-refractivity contribution < 1.29 is 28.2 Å². The van der Waals surface area contributed by atoms with Crippen molar-refractivity contribution in [2.24, 2.45) is 0 Å². The highest BCUT2D eigenvalue weighted by atomic mass is 35.5. The van der Waals surface area contributed by atoms with Gasteiger partial charge in [-0.05, 0) is 61.4 Å². The Morgan fingerprint density at radius 3 is 2.36 bits per heavy atom. The lowest BCUT2D eigenvalue weighted by Crippen LogP contribution is -2.54. The summed E-state index contributed by atoms with van der Waals surface area (Å²) in [4.78, 5) is 38.6. The summed E-state index contributed by atoms with van der Waals surface area (Å²) in [5.41, 5.74) is 0.268.